The maximum absolute atomic E-state index is 13.2. The summed E-state index contributed by atoms with van der Waals surface area (Å²) in [5.74, 6) is -0.802. The summed E-state index contributed by atoms with van der Waals surface area (Å²) >= 11 is 0. The number of nitrogens with zero attached hydrogens (tertiary/aromatic N) is 1. The summed E-state index contributed by atoms with van der Waals surface area (Å²) in [6.07, 6.45) is 2.65. The fourth-order valence-corrected chi connectivity index (χ4v) is 4.29. The van der Waals surface area contributed by atoms with Gasteiger partial charge in [-0.15, -0.1) is 0 Å². The molecule has 1 fully saturated rings. The lowest BCUT2D eigenvalue weighted by Gasteiger charge is -2.14. The molecular weight excluding hydrogens is 394 g/mol. The molecule has 0 spiro atoms. The van der Waals surface area contributed by atoms with Gasteiger partial charge in [-0.3, -0.25) is 0 Å². The summed E-state index contributed by atoms with van der Waals surface area (Å²) in [5.41, 5.74) is 4.77. The third-order valence-corrected chi connectivity index (χ3v) is 5.76. The fourth-order valence-electron chi connectivity index (χ4n) is 4.29. The Labute approximate surface area is 179 Å². The predicted octanol–water partition coefficient (Wildman–Crippen LogP) is 4.29. The van der Waals surface area contributed by atoms with Gasteiger partial charge in [0.05, 0.1) is 16.8 Å². The highest BCUT2D eigenvalue weighted by Gasteiger charge is 2.37. The number of aromatic nitrogens is 1. The Morgan fingerprint density at radius 2 is 1.94 bits per heavy atom. The number of ether oxygens (including phenoxy) is 2. The van der Waals surface area contributed by atoms with E-state index in [9.17, 15) is 14.7 Å². The zero-order valence-corrected chi connectivity index (χ0v) is 17.0. The Kier molecular flexibility index (Phi) is 4.70. The van der Waals surface area contributed by atoms with Crippen molar-refractivity contribution in [2.24, 2.45) is 0 Å². The molecule has 2 unspecified atom stereocenters. The smallest absolute Gasteiger partial charge is 0.347 e. The summed E-state index contributed by atoms with van der Waals surface area (Å²) in [6, 6.07) is 14.4. The summed E-state index contributed by atoms with van der Waals surface area (Å²) in [6.45, 7) is 1.78. The van der Waals surface area contributed by atoms with E-state index in [0.717, 1.165) is 34.2 Å². The number of aromatic hydroxyl groups is 1. The van der Waals surface area contributed by atoms with E-state index in [1.165, 1.54) is 0 Å². The van der Waals surface area contributed by atoms with Gasteiger partial charge >= 0.3 is 11.9 Å². The highest BCUT2D eigenvalue weighted by Crippen LogP contribution is 2.38. The number of rotatable bonds is 3. The molecule has 0 bridgehead atoms. The van der Waals surface area contributed by atoms with Crippen LogP contribution >= 0.6 is 0 Å². The number of allylic oxidation sites excluding steroid dienone is 1. The lowest BCUT2D eigenvalue weighted by molar-refractivity contribution is -0.147. The molecule has 1 aliphatic heterocycles. The number of hydrogen-bond acceptors (Lipinski definition) is 6. The molecule has 5 rings (SSSR count). The Hall–Kier alpha value is -3.67. The van der Waals surface area contributed by atoms with E-state index in [1.54, 1.807) is 19.1 Å². The van der Waals surface area contributed by atoms with Crippen LogP contribution in [0.4, 0.5) is 0 Å². The number of fused-ring (bicyclic) bond motifs is 2. The molecule has 3 aromatic rings. The Balaban J connectivity index is 1.58. The standard InChI is InChI=1S/C25H21NO5/c1-14-12-21(24(28)30-14)31-25(29)22-18-4-2-3-5-20(18)26-23-16(8-11-19(22)23)13-15-6-9-17(27)10-7-15/h2-7,9-10,13-14,21,27H,8,11-12H2,1H3. The molecular formula is C25H21NO5. The molecule has 0 saturated carbocycles. The van der Waals surface area contributed by atoms with Crippen molar-refractivity contribution < 1.29 is 24.2 Å². The van der Waals surface area contributed by atoms with Crippen molar-refractivity contribution in [3.8, 4) is 5.75 Å². The van der Waals surface area contributed by atoms with Crippen LogP contribution in [0.3, 0.4) is 0 Å². The number of phenols is 1. The molecule has 1 aromatic heterocycles. The summed E-state index contributed by atoms with van der Waals surface area (Å²) in [5, 5.41) is 10.2. The lowest BCUT2D eigenvalue weighted by atomic mass is 10.0. The number of esters is 2. The van der Waals surface area contributed by atoms with Crippen LogP contribution in [-0.2, 0) is 20.7 Å². The van der Waals surface area contributed by atoms with Gasteiger partial charge in [0.15, 0.2) is 0 Å². The van der Waals surface area contributed by atoms with Crippen LogP contribution in [0.15, 0.2) is 48.5 Å². The molecule has 0 amide bonds. The second kappa shape index (κ2) is 7.54. The molecule has 156 valence electrons. The first-order valence-corrected chi connectivity index (χ1v) is 10.3. The Morgan fingerprint density at radius 3 is 2.68 bits per heavy atom. The number of carbonyl (C=O) groups is 2. The van der Waals surface area contributed by atoms with Crippen LogP contribution in [0, 0.1) is 0 Å². The van der Waals surface area contributed by atoms with E-state index < -0.39 is 18.0 Å². The van der Waals surface area contributed by atoms with E-state index in [-0.39, 0.29) is 11.9 Å². The molecule has 1 saturated heterocycles. The summed E-state index contributed by atoms with van der Waals surface area (Å²) in [4.78, 5) is 30.0. The van der Waals surface area contributed by atoms with Gasteiger partial charge in [0.2, 0.25) is 6.10 Å². The Bertz CT molecular complexity index is 1230. The van der Waals surface area contributed by atoms with Crippen molar-refractivity contribution in [3.05, 3.63) is 70.9 Å². The van der Waals surface area contributed by atoms with Crippen LogP contribution in [0.1, 0.15) is 46.9 Å². The van der Waals surface area contributed by atoms with Gasteiger partial charge in [0.1, 0.15) is 11.9 Å². The van der Waals surface area contributed by atoms with Crippen LogP contribution in [0.2, 0.25) is 0 Å². The van der Waals surface area contributed by atoms with Crippen LogP contribution in [0.25, 0.3) is 22.6 Å². The van der Waals surface area contributed by atoms with Gasteiger partial charge in [-0.25, -0.2) is 14.6 Å². The maximum atomic E-state index is 13.2. The molecule has 1 aliphatic carbocycles. The second-order valence-electron chi connectivity index (χ2n) is 7.97. The molecule has 6 heteroatoms. The van der Waals surface area contributed by atoms with Crippen molar-refractivity contribution in [1.82, 2.24) is 4.98 Å². The molecule has 2 aromatic carbocycles. The zero-order chi connectivity index (χ0) is 21.5. The highest BCUT2D eigenvalue weighted by atomic mass is 16.6. The number of phenolic OH excluding ortho intramolecular Hbond substituents is 1. The lowest BCUT2D eigenvalue weighted by Crippen LogP contribution is -2.23. The summed E-state index contributed by atoms with van der Waals surface area (Å²) < 4.78 is 10.7. The second-order valence-corrected chi connectivity index (χ2v) is 7.97. The van der Waals surface area contributed by atoms with E-state index >= 15 is 0 Å². The van der Waals surface area contributed by atoms with E-state index in [1.807, 2.05) is 42.5 Å². The fraction of sp³-hybridized carbons (Fsp3) is 0.240. The minimum absolute atomic E-state index is 0.211. The number of para-hydroxylation sites is 1. The Morgan fingerprint density at radius 1 is 1.16 bits per heavy atom. The van der Waals surface area contributed by atoms with Gasteiger partial charge in [0.25, 0.3) is 0 Å². The summed E-state index contributed by atoms with van der Waals surface area (Å²) in [7, 11) is 0. The van der Waals surface area contributed by atoms with Crippen molar-refractivity contribution in [2.75, 3.05) is 0 Å². The normalized spacial score (nSPS) is 21.3. The first kappa shape index (κ1) is 19.3. The first-order valence-electron chi connectivity index (χ1n) is 10.3. The zero-order valence-electron chi connectivity index (χ0n) is 17.0. The van der Waals surface area contributed by atoms with Gasteiger partial charge in [-0.2, -0.15) is 0 Å². The topological polar surface area (TPSA) is 85.7 Å². The molecule has 31 heavy (non-hydrogen) atoms. The number of hydrogen-bond donors (Lipinski definition) is 1. The quantitative estimate of drug-likeness (QED) is 0.643. The van der Waals surface area contributed by atoms with Crippen LogP contribution < -0.4 is 0 Å². The third kappa shape index (κ3) is 3.54. The third-order valence-electron chi connectivity index (χ3n) is 5.76. The molecule has 2 heterocycles. The highest BCUT2D eigenvalue weighted by molar-refractivity contribution is 6.07. The van der Waals surface area contributed by atoms with Crippen molar-refractivity contribution in [1.29, 1.82) is 0 Å². The SMILES string of the molecule is CC1CC(OC(=O)c2c3c(nc4ccccc24)C(=Cc2ccc(O)cc2)CC3)C(=O)O1. The molecule has 6 nitrogen and oxygen atoms in total. The van der Waals surface area contributed by atoms with Crippen LogP contribution in [0.5, 0.6) is 5.75 Å². The average Bonchev–Trinajstić information content (AvgIpc) is 3.29. The van der Waals surface area contributed by atoms with Crippen molar-refractivity contribution >= 4 is 34.5 Å². The van der Waals surface area contributed by atoms with E-state index in [4.69, 9.17) is 14.5 Å². The molecule has 1 N–H and O–H groups in total. The molecule has 2 aliphatic rings. The van der Waals surface area contributed by atoms with Gasteiger partial charge in [-0.1, -0.05) is 30.3 Å². The van der Waals surface area contributed by atoms with E-state index in [0.29, 0.717) is 23.9 Å². The number of pyridine rings is 1. The number of carbonyl (C=O) groups excluding carboxylic acids is 2. The first-order chi connectivity index (χ1) is 15.0. The number of benzene rings is 2. The van der Waals surface area contributed by atoms with Gasteiger partial charge < -0.3 is 14.6 Å². The monoisotopic (exact) mass is 415 g/mol. The largest absolute Gasteiger partial charge is 0.508 e. The molecule has 0 radical (unpaired) electrons. The molecule has 2 atom stereocenters. The van der Waals surface area contributed by atoms with Crippen molar-refractivity contribution in [3.63, 3.8) is 0 Å². The van der Waals surface area contributed by atoms with Gasteiger partial charge in [-0.05, 0) is 60.7 Å². The number of cyclic esters (lactones) is 1. The predicted molar refractivity (Wildman–Crippen MR) is 115 cm³/mol. The van der Waals surface area contributed by atoms with E-state index in [2.05, 4.69) is 0 Å². The minimum atomic E-state index is -0.876. The van der Waals surface area contributed by atoms with Gasteiger partial charge in [0, 0.05) is 11.8 Å². The average molecular weight is 415 g/mol. The maximum Gasteiger partial charge on any atom is 0.347 e. The van der Waals surface area contributed by atoms with Crippen molar-refractivity contribution in [2.45, 2.75) is 38.4 Å². The van der Waals surface area contributed by atoms with Crippen LogP contribution in [-0.4, -0.2) is 34.2 Å². The minimum Gasteiger partial charge on any atom is -0.508 e.